The van der Waals surface area contributed by atoms with Gasteiger partial charge in [-0.25, -0.2) is 0 Å². The Morgan fingerprint density at radius 3 is 2.81 bits per heavy atom. The van der Waals surface area contributed by atoms with E-state index in [-0.39, 0.29) is 0 Å². The quantitative estimate of drug-likeness (QED) is 0.482. The van der Waals surface area contributed by atoms with E-state index >= 15 is 0 Å². The summed E-state index contributed by atoms with van der Waals surface area (Å²) in [5.74, 6) is 6.43. The van der Waals surface area contributed by atoms with Crippen molar-refractivity contribution in [2.75, 3.05) is 0 Å². The highest BCUT2D eigenvalue weighted by Gasteiger charge is 2.55. The number of nitriles is 1. The molecule has 0 radical (unpaired) electrons. The second-order valence-corrected chi connectivity index (χ2v) is 11.7. The molecule has 0 aromatic carbocycles. The molecule has 3 heteroatoms. The van der Waals surface area contributed by atoms with Crippen LogP contribution in [0.25, 0.3) is 0 Å². The average Bonchev–Trinajstić information content (AvgIpc) is 3.37. The van der Waals surface area contributed by atoms with Crippen LogP contribution in [0.1, 0.15) is 90.5 Å². The summed E-state index contributed by atoms with van der Waals surface area (Å²) >= 11 is 0. The van der Waals surface area contributed by atoms with Crippen LogP contribution in [0.5, 0.6) is 0 Å². The lowest BCUT2D eigenvalue weighted by atomic mass is 9.49. The molecular formula is C28H41N3. The number of hydrogen-bond donors (Lipinski definition) is 0. The molecule has 1 aromatic rings. The van der Waals surface area contributed by atoms with E-state index in [4.69, 9.17) is 5.26 Å². The van der Waals surface area contributed by atoms with Gasteiger partial charge in [-0.1, -0.05) is 51.7 Å². The van der Waals surface area contributed by atoms with E-state index in [9.17, 15) is 0 Å². The van der Waals surface area contributed by atoms with Crippen LogP contribution < -0.4 is 0 Å². The minimum atomic E-state index is 0.387. The van der Waals surface area contributed by atoms with Gasteiger partial charge in [-0.05, 0) is 91.8 Å². The van der Waals surface area contributed by atoms with E-state index in [0.29, 0.717) is 16.9 Å². The van der Waals surface area contributed by atoms with E-state index in [2.05, 4.69) is 38.0 Å². The highest BCUT2D eigenvalue weighted by molar-refractivity contribution is 5.27. The summed E-state index contributed by atoms with van der Waals surface area (Å²) < 4.78 is 1.98. The van der Waals surface area contributed by atoms with E-state index < -0.39 is 0 Å². The van der Waals surface area contributed by atoms with E-state index in [1.54, 1.807) is 18.2 Å². The average molecular weight is 420 g/mol. The molecular weight excluding hydrogens is 378 g/mol. The third-order valence-electron chi connectivity index (χ3n) is 10.2. The van der Waals surface area contributed by atoms with Gasteiger partial charge < -0.3 is 0 Å². The minimum absolute atomic E-state index is 0.387. The van der Waals surface area contributed by atoms with Crippen LogP contribution in [0.2, 0.25) is 0 Å². The van der Waals surface area contributed by atoms with Crippen molar-refractivity contribution in [1.29, 1.82) is 5.26 Å². The van der Waals surface area contributed by atoms with Gasteiger partial charge in [0.15, 0.2) is 0 Å². The Kier molecular flexibility index (Phi) is 5.78. The summed E-state index contributed by atoms with van der Waals surface area (Å²) in [6, 6.07) is 2.21. The maximum atomic E-state index is 9.11. The van der Waals surface area contributed by atoms with Gasteiger partial charge in [-0.3, -0.25) is 4.68 Å². The summed E-state index contributed by atoms with van der Waals surface area (Å²) in [7, 11) is 0. The zero-order chi connectivity index (χ0) is 21.6. The molecule has 8 atom stereocenters. The van der Waals surface area contributed by atoms with Crippen LogP contribution >= 0.6 is 0 Å². The zero-order valence-electron chi connectivity index (χ0n) is 19.9. The molecule has 4 aliphatic rings. The third kappa shape index (κ3) is 3.69. The lowest BCUT2D eigenvalue weighted by Gasteiger charge is -2.56. The molecule has 3 nitrogen and oxygen atoms in total. The topological polar surface area (TPSA) is 41.6 Å². The Bertz CT molecular complexity index is 860. The van der Waals surface area contributed by atoms with Crippen molar-refractivity contribution in [3.63, 3.8) is 0 Å². The van der Waals surface area contributed by atoms with Gasteiger partial charge in [-0.15, -0.1) is 0 Å². The van der Waals surface area contributed by atoms with Crippen molar-refractivity contribution in [2.45, 2.75) is 91.5 Å². The molecule has 0 N–H and O–H groups in total. The van der Waals surface area contributed by atoms with Crippen LogP contribution in [0, 0.1) is 58.2 Å². The highest BCUT2D eigenvalue weighted by atomic mass is 15.3. The molecule has 1 aromatic heterocycles. The molecule has 0 spiro atoms. The Labute approximate surface area is 189 Å². The summed E-state index contributed by atoms with van der Waals surface area (Å²) in [5.41, 5.74) is 2.75. The Hall–Kier alpha value is -1.56. The molecule has 3 saturated carbocycles. The number of nitrogens with zero attached hydrogens (tertiary/aromatic N) is 3. The molecule has 4 aliphatic carbocycles. The lowest BCUT2D eigenvalue weighted by Crippen LogP contribution is -2.48. The molecule has 0 saturated heterocycles. The predicted octanol–water partition coefficient (Wildman–Crippen LogP) is 7.00. The van der Waals surface area contributed by atoms with Gasteiger partial charge in [-0.2, -0.15) is 10.4 Å². The second kappa shape index (κ2) is 8.42. The normalized spacial score (nSPS) is 40.3. The number of allylic oxidation sites excluding steroid dienone is 2. The summed E-state index contributed by atoms with van der Waals surface area (Å²) in [5, 5.41) is 13.5. The molecule has 0 aliphatic heterocycles. The van der Waals surface area contributed by atoms with Crippen LogP contribution in [-0.4, -0.2) is 9.78 Å². The van der Waals surface area contributed by atoms with E-state index in [1.807, 2.05) is 10.9 Å². The first-order valence-electron chi connectivity index (χ1n) is 13.2. The second-order valence-electron chi connectivity index (χ2n) is 11.7. The maximum Gasteiger partial charge on any atom is 0.102 e. The van der Waals surface area contributed by atoms with Crippen molar-refractivity contribution < 1.29 is 0 Å². The van der Waals surface area contributed by atoms with Crippen LogP contribution in [-0.2, 0) is 6.54 Å². The van der Waals surface area contributed by atoms with Crippen LogP contribution in [0.15, 0.2) is 24.0 Å². The molecule has 168 valence electrons. The van der Waals surface area contributed by atoms with Crippen LogP contribution in [0.4, 0.5) is 0 Å². The fraction of sp³-hybridized carbons (Fsp3) is 0.786. The fourth-order valence-corrected chi connectivity index (χ4v) is 8.89. The van der Waals surface area contributed by atoms with Gasteiger partial charge in [0.05, 0.1) is 11.8 Å². The molecule has 1 heterocycles. The number of rotatable bonds is 5. The first kappa shape index (κ1) is 21.3. The fourth-order valence-electron chi connectivity index (χ4n) is 8.89. The Balaban J connectivity index is 1.27. The van der Waals surface area contributed by atoms with Crippen molar-refractivity contribution in [3.8, 4) is 6.07 Å². The summed E-state index contributed by atoms with van der Waals surface area (Å²) in [6.45, 7) is 8.24. The van der Waals surface area contributed by atoms with Crippen molar-refractivity contribution >= 4 is 0 Å². The van der Waals surface area contributed by atoms with Gasteiger partial charge in [0.25, 0.3) is 0 Å². The molecule has 8 unspecified atom stereocenters. The lowest BCUT2D eigenvalue weighted by molar-refractivity contribution is -0.0531. The van der Waals surface area contributed by atoms with E-state index in [1.165, 1.54) is 57.8 Å². The van der Waals surface area contributed by atoms with Crippen LogP contribution in [0.3, 0.4) is 0 Å². The molecule has 0 bridgehead atoms. The van der Waals surface area contributed by atoms with E-state index in [0.717, 1.165) is 42.1 Å². The Morgan fingerprint density at radius 2 is 2.03 bits per heavy atom. The smallest absolute Gasteiger partial charge is 0.102 e. The highest BCUT2D eigenvalue weighted by Crippen LogP contribution is 2.64. The van der Waals surface area contributed by atoms with Crippen molar-refractivity contribution in [2.24, 2.45) is 46.8 Å². The largest absolute Gasteiger partial charge is 0.271 e. The summed E-state index contributed by atoms with van der Waals surface area (Å²) in [6.07, 6.45) is 20.8. The zero-order valence-corrected chi connectivity index (χ0v) is 19.9. The number of hydrogen-bond acceptors (Lipinski definition) is 2. The Morgan fingerprint density at radius 1 is 1.19 bits per heavy atom. The SMILES string of the molecule is CCCC1CCC2C(CCC3C2CCC2(C)C(C(C)Cn4cc(C#N)cn4)=CCC32)C1. The number of fused-ring (bicyclic) bond motifs is 5. The first-order chi connectivity index (χ1) is 15.0. The van der Waals surface area contributed by atoms with Crippen molar-refractivity contribution in [3.05, 3.63) is 29.6 Å². The van der Waals surface area contributed by atoms with Gasteiger partial charge in [0, 0.05) is 12.7 Å². The van der Waals surface area contributed by atoms with Gasteiger partial charge in [0.1, 0.15) is 6.07 Å². The number of aromatic nitrogens is 2. The monoisotopic (exact) mass is 419 g/mol. The van der Waals surface area contributed by atoms with Gasteiger partial charge >= 0.3 is 0 Å². The standard InChI is InChI=1S/C28H41N3/c1-4-5-20-6-8-23-22(14-20)7-9-25-24(23)12-13-28(3)26(10-11-27(25)28)19(2)17-31-18-21(15-29)16-30-31/h10,16,18-20,22-25,27H,4-9,11-14,17H2,1-3H3. The summed E-state index contributed by atoms with van der Waals surface area (Å²) in [4.78, 5) is 0. The third-order valence-corrected chi connectivity index (χ3v) is 10.2. The maximum absolute atomic E-state index is 9.11. The van der Waals surface area contributed by atoms with Gasteiger partial charge in [0.2, 0.25) is 0 Å². The predicted molar refractivity (Wildman–Crippen MR) is 125 cm³/mol. The first-order valence-corrected chi connectivity index (χ1v) is 13.2. The minimum Gasteiger partial charge on any atom is -0.271 e. The van der Waals surface area contributed by atoms with Crippen molar-refractivity contribution in [1.82, 2.24) is 9.78 Å². The molecule has 31 heavy (non-hydrogen) atoms. The molecule has 0 amide bonds. The molecule has 3 fully saturated rings. The molecule has 5 rings (SSSR count).